The molecule has 0 atom stereocenters. The van der Waals surface area contributed by atoms with Crippen LogP contribution in [0.1, 0.15) is 31.5 Å². The van der Waals surface area contributed by atoms with Crippen molar-refractivity contribution in [3.8, 4) is 17.1 Å². The lowest BCUT2D eigenvalue weighted by atomic mass is 10.1. The predicted molar refractivity (Wildman–Crippen MR) is 95.7 cm³/mol. The lowest BCUT2D eigenvalue weighted by Gasteiger charge is -2.12. The lowest BCUT2D eigenvalue weighted by Crippen LogP contribution is -2.36. The monoisotopic (exact) mass is 352 g/mol. The van der Waals surface area contributed by atoms with Crippen molar-refractivity contribution in [2.75, 3.05) is 6.61 Å². The molecule has 0 unspecified atom stereocenters. The van der Waals surface area contributed by atoms with Crippen LogP contribution in [0, 0.1) is 6.92 Å². The minimum Gasteiger partial charge on any atom is -0.467 e. The molecule has 0 spiro atoms. The summed E-state index contributed by atoms with van der Waals surface area (Å²) in [6.45, 7) is 1.65. The molecular weight excluding hydrogens is 332 g/mol. The summed E-state index contributed by atoms with van der Waals surface area (Å²) in [4.78, 5) is 20.8. The number of nitrogens with zero attached hydrogens (tertiary/aromatic N) is 3. The van der Waals surface area contributed by atoms with Gasteiger partial charge in [-0.25, -0.2) is 0 Å². The highest BCUT2D eigenvalue weighted by Gasteiger charge is 2.21. The number of nitrogens with one attached hydrogen (secondary N) is 1. The van der Waals surface area contributed by atoms with Crippen LogP contribution in [-0.2, 0) is 4.79 Å². The topological polar surface area (TPSA) is 90.1 Å². The fourth-order valence-corrected chi connectivity index (χ4v) is 3.30. The molecule has 134 valence electrons. The molecule has 3 aromatic rings. The quantitative estimate of drug-likeness (QED) is 0.759. The molecule has 26 heavy (non-hydrogen) atoms. The third-order valence-electron chi connectivity index (χ3n) is 4.52. The SMILES string of the molecule is Cc1nc(OCC(=O)NC2CCCC2)c2c(-c3ccccc3)noc2n1. The molecule has 1 saturated carbocycles. The second kappa shape index (κ2) is 7.11. The van der Waals surface area contributed by atoms with Crippen LogP contribution in [0.2, 0.25) is 0 Å². The lowest BCUT2D eigenvalue weighted by molar-refractivity contribution is -0.123. The van der Waals surface area contributed by atoms with Crippen molar-refractivity contribution < 1.29 is 14.1 Å². The number of aryl methyl sites for hydroxylation is 1. The number of aromatic nitrogens is 3. The van der Waals surface area contributed by atoms with E-state index in [1.807, 2.05) is 30.3 Å². The zero-order valence-electron chi connectivity index (χ0n) is 14.6. The predicted octanol–water partition coefficient (Wildman–Crippen LogP) is 3.03. The number of carbonyl (C=O) groups is 1. The van der Waals surface area contributed by atoms with Crippen molar-refractivity contribution in [2.45, 2.75) is 38.6 Å². The van der Waals surface area contributed by atoms with Gasteiger partial charge >= 0.3 is 0 Å². The van der Waals surface area contributed by atoms with Crippen molar-refractivity contribution in [3.05, 3.63) is 36.2 Å². The Bertz CT molecular complexity index is 917. The maximum absolute atomic E-state index is 12.2. The maximum atomic E-state index is 12.2. The van der Waals surface area contributed by atoms with Gasteiger partial charge in [-0.3, -0.25) is 4.79 Å². The van der Waals surface area contributed by atoms with E-state index in [4.69, 9.17) is 9.26 Å². The Morgan fingerprint density at radius 2 is 2.00 bits per heavy atom. The van der Waals surface area contributed by atoms with Crippen LogP contribution in [0.4, 0.5) is 0 Å². The smallest absolute Gasteiger partial charge is 0.265 e. The Morgan fingerprint density at radius 1 is 1.23 bits per heavy atom. The summed E-state index contributed by atoms with van der Waals surface area (Å²) >= 11 is 0. The highest BCUT2D eigenvalue weighted by Crippen LogP contribution is 2.32. The van der Waals surface area contributed by atoms with Gasteiger partial charge in [0.25, 0.3) is 11.6 Å². The summed E-state index contributed by atoms with van der Waals surface area (Å²) in [6.07, 6.45) is 4.40. The molecular formula is C19H20N4O3. The first-order valence-corrected chi connectivity index (χ1v) is 8.82. The van der Waals surface area contributed by atoms with Gasteiger partial charge in [0.15, 0.2) is 6.61 Å². The van der Waals surface area contributed by atoms with Gasteiger partial charge in [0, 0.05) is 11.6 Å². The van der Waals surface area contributed by atoms with Crippen LogP contribution < -0.4 is 10.1 Å². The third-order valence-corrected chi connectivity index (χ3v) is 4.52. The number of ether oxygens (including phenoxy) is 1. The van der Waals surface area contributed by atoms with Crippen LogP contribution in [0.3, 0.4) is 0 Å². The summed E-state index contributed by atoms with van der Waals surface area (Å²) in [7, 11) is 0. The molecule has 0 aliphatic heterocycles. The zero-order chi connectivity index (χ0) is 17.9. The van der Waals surface area contributed by atoms with E-state index in [1.54, 1.807) is 6.92 Å². The van der Waals surface area contributed by atoms with Crippen molar-refractivity contribution in [1.29, 1.82) is 0 Å². The largest absolute Gasteiger partial charge is 0.467 e. The van der Waals surface area contributed by atoms with E-state index in [-0.39, 0.29) is 18.6 Å². The second-order valence-electron chi connectivity index (χ2n) is 6.49. The molecule has 1 N–H and O–H groups in total. The Morgan fingerprint density at radius 3 is 2.77 bits per heavy atom. The van der Waals surface area contributed by atoms with Crippen LogP contribution in [0.5, 0.6) is 5.88 Å². The standard InChI is InChI=1S/C19H20N4O3/c1-12-20-18(25-11-15(24)22-14-9-5-6-10-14)16-17(23-26-19(16)21-12)13-7-3-2-4-8-13/h2-4,7-8,14H,5-6,9-11H2,1H3,(H,22,24). The number of rotatable bonds is 5. The minimum absolute atomic E-state index is 0.0958. The molecule has 7 nitrogen and oxygen atoms in total. The number of hydrogen-bond donors (Lipinski definition) is 1. The van der Waals surface area contributed by atoms with E-state index in [2.05, 4.69) is 20.4 Å². The normalized spacial score (nSPS) is 14.7. The van der Waals surface area contributed by atoms with Crippen molar-refractivity contribution >= 4 is 17.0 Å². The fraction of sp³-hybridized carbons (Fsp3) is 0.368. The molecule has 1 amide bonds. The third kappa shape index (κ3) is 3.37. The van der Waals surface area contributed by atoms with E-state index in [0.29, 0.717) is 28.5 Å². The van der Waals surface area contributed by atoms with Gasteiger partial charge in [0.2, 0.25) is 5.88 Å². The van der Waals surface area contributed by atoms with Crippen LogP contribution in [0.15, 0.2) is 34.9 Å². The van der Waals surface area contributed by atoms with E-state index < -0.39 is 0 Å². The average Bonchev–Trinajstić information content (AvgIpc) is 3.30. The van der Waals surface area contributed by atoms with Crippen molar-refractivity contribution in [3.63, 3.8) is 0 Å². The van der Waals surface area contributed by atoms with Crippen molar-refractivity contribution in [1.82, 2.24) is 20.4 Å². The summed E-state index contributed by atoms with van der Waals surface area (Å²) in [5.41, 5.74) is 1.83. The molecule has 0 saturated heterocycles. The molecule has 1 aliphatic carbocycles. The number of amides is 1. The highest BCUT2D eigenvalue weighted by molar-refractivity contribution is 5.93. The van der Waals surface area contributed by atoms with Gasteiger partial charge in [0.1, 0.15) is 16.9 Å². The molecule has 2 heterocycles. The van der Waals surface area contributed by atoms with E-state index in [1.165, 1.54) is 12.8 Å². The zero-order valence-corrected chi connectivity index (χ0v) is 14.6. The van der Waals surface area contributed by atoms with Gasteiger partial charge in [-0.2, -0.15) is 9.97 Å². The summed E-state index contributed by atoms with van der Waals surface area (Å²) in [5.74, 6) is 0.674. The van der Waals surface area contributed by atoms with Gasteiger partial charge in [-0.15, -0.1) is 0 Å². The molecule has 1 fully saturated rings. The van der Waals surface area contributed by atoms with Crippen LogP contribution in [-0.4, -0.2) is 33.7 Å². The van der Waals surface area contributed by atoms with Gasteiger partial charge in [-0.1, -0.05) is 48.3 Å². The van der Waals surface area contributed by atoms with Crippen molar-refractivity contribution in [2.24, 2.45) is 0 Å². The van der Waals surface area contributed by atoms with Gasteiger partial charge in [-0.05, 0) is 19.8 Å². The Hall–Kier alpha value is -2.96. The number of fused-ring (bicyclic) bond motifs is 1. The Kier molecular flexibility index (Phi) is 4.51. The van der Waals surface area contributed by atoms with Crippen LogP contribution >= 0.6 is 0 Å². The summed E-state index contributed by atoms with van der Waals surface area (Å²) in [6, 6.07) is 9.87. The van der Waals surface area contributed by atoms with E-state index >= 15 is 0 Å². The van der Waals surface area contributed by atoms with Gasteiger partial charge in [0.05, 0.1) is 0 Å². The maximum Gasteiger partial charge on any atom is 0.265 e. The van der Waals surface area contributed by atoms with E-state index in [0.717, 1.165) is 18.4 Å². The molecule has 7 heteroatoms. The molecule has 1 aromatic carbocycles. The number of hydrogen-bond acceptors (Lipinski definition) is 6. The van der Waals surface area contributed by atoms with Crippen LogP contribution in [0.25, 0.3) is 22.4 Å². The minimum atomic E-state index is -0.140. The first kappa shape index (κ1) is 16.5. The molecule has 0 bridgehead atoms. The molecule has 1 aliphatic rings. The molecule has 2 aromatic heterocycles. The number of benzene rings is 1. The highest BCUT2D eigenvalue weighted by atomic mass is 16.5. The first-order chi connectivity index (χ1) is 12.7. The van der Waals surface area contributed by atoms with Gasteiger partial charge < -0.3 is 14.6 Å². The molecule has 4 rings (SSSR count). The number of carbonyl (C=O) groups excluding carboxylic acids is 1. The molecule has 0 radical (unpaired) electrons. The Balaban J connectivity index is 1.59. The second-order valence-corrected chi connectivity index (χ2v) is 6.49. The van der Waals surface area contributed by atoms with E-state index in [9.17, 15) is 4.79 Å². The first-order valence-electron chi connectivity index (χ1n) is 8.82. The average molecular weight is 352 g/mol. The summed E-state index contributed by atoms with van der Waals surface area (Å²) in [5, 5.41) is 7.70. The summed E-state index contributed by atoms with van der Waals surface area (Å²) < 4.78 is 11.1. The fourth-order valence-electron chi connectivity index (χ4n) is 3.30. The Labute approximate surface area is 150 Å².